The molecule has 0 spiro atoms. The Bertz CT molecular complexity index is 1060. The molecule has 2 aromatic rings. The highest BCUT2D eigenvalue weighted by atomic mass is 16.3. The van der Waals surface area contributed by atoms with Gasteiger partial charge < -0.3 is 20.6 Å². The molecule has 7 nitrogen and oxygen atoms in total. The molecule has 0 radical (unpaired) electrons. The Morgan fingerprint density at radius 2 is 1.68 bits per heavy atom. The molecule has 1 saturated heterocycles. The van der Waals surface area contributed by atoms with Crippen molar-refractivity contribution in [3.8, 4) is 6.07 Å². The van der Waals surface area contributed by atoms with E-state index < -0.39 is 0 Å². The Morgan fingerprint density at radius 3 is 2.32 bits per heavy atom. The predicted molar refractivity (Wildman–Crippen MR) is 131 cm³/mol. The minimum atomic E-state index is -0.285. The number of carbonyl (C=O) groups excluding carboxylic acids is 2. The van der Waals surface area contributed by atoms with E-state index in [1.165, 1.54) is 5.56 Å². The van der Waals surface area contributed by atoms with Crippen molar-refractivity contribution in [2.75, 3.05) is 18.4 Å². The molecule has 0 aromatic heterocycles. The van der Waals surface area contributed by atoms with Crippen molar-refractivity contribution in [1.29, 1.82) is 5.26 Å². The zero-order valence-electron chi connectivity index (χ0n) is 19.6. The van der Waals surface area contributed by atoms with E-state index in [2.05, 4.69) is 16.7 Å². The first-order chi connectivity index (χ1) is 16.4. The number of aliphatic hydroxyl groups excluding tert-OH is 1. The van der Waals surface area contributed by atoms with Crippen molar-refractivity contribution in [2.45, 2.75) is 63.5 Å². The van der Waals surface area contributed by atoms with Gasteiger partial charge in [0.15, 0.2) is 0 Å². The first-order valence-corrected chi connectivity index (χ1v) is 12.1. The van der Waals surface area contributed by atoms with Gasteiger partial charge in [-0.3, -0.25) is 4.79 Å². The number of piperidine rings is 1. The van der Waals surface area contributed by atoms with E-state index in [0.717, 1.165) is 31.2 Å². The summed E-state index contributed by atoms with van der Waals surface area (Å²) in [6, 6.07) is 15.1. The SMILES string of the molecule is Cc1ccc(NC(=O)NC2CCC(O)CC2)cc1C(=O)N1CCC(c2ccc(C#N)cc2)CC1. The summed E-state index contributed by atoms with van der Waals surface area (Å²) in [7, 11) is 0. The normalized spacial score (nSPS) is 20.9. The molecule has 3 N–H and O–H groups in total. The molecule has 7 heteroatoms. The molecule has 0 unspecified atom stereocenters. The highest BCUT2D eigenvalue weighted by molar-refractivity contribution is 5.98. The van der Waals surface area contributed by atoms with Crippen molar-refractivity contribution >= 4 is 17.6 Å². The number of aliphatic hydroxyl groups is 1. The Morgan fingerprint density at radius 1 is 1.00 bits per heavy atom. The molecule has 3 amide bonds. The molecule has 178 valence electrons. The van der Waals surface area contributed by atoms with Gasteiger partial charge in [0.2, 0.25) is 0 Å². The molecule has 34 heavy (non-hydrogen) atoms. The Labute approximate surface area is 200 Å². The number of aryl methyl sites for hydroxylation is 1. The largest absolute Gasteiger partial charge is 0.393 e. The smallest absolute Gasteiger partial charge is 0.319 e. The van der Waals surface area contributed by atoms with Crippen LogP contribution in [0.4, 0.5) is 10.5 Å². The fraction of sp³-hybridized carbons (Fsp3) is 0.444. The summed E-state index contributed by atoms with van der Waals surface area (Å²) < 4.78 is 0. The topological polar surface area (TPSA) is 105 Å². The van der Waals surface area contributed by atoms with Crippen LogP contribution in [0.15, 0.2) is 42.5 Å². The van der Waals surface area contributed by atoms with E-state index >= 15 is 0 Å². The molecule has 0 bridgehead atoms. The minimum Gasteiger partial charge on any atom is -0.393 e. The lowest BCUT2D eigenvalue weighted by Crippen LogP contribution is -2.41. The number of urea groups is 1. The number of nitrogens with zero attached hydrogens (tertiary/aromatic N) is 2. The number of benzene rings is 2. The Balaban J connectivity index is 1.34. The van der Waals surface area contributed by atoms with Gasteiger partial charge in [0.1, 0.15) is 0 Å². The molecule has 0 atom stereocenters. The minimum absolute atomic E-state index is 0.0129. The van der Waals surface area contributed by atoms with Gasteiger partial charge >= 0.3 is 6.03 Å². The average molecular weight is 461 g/mol. The molecule has 2 aromatic carbocycles. The predicted octanol–water partition coefficient (Wildman–Crippen LogP) is 4.31. The first-order valence-electron chi connectivity index (χ1n) is 12.1. The molecule has 1 saturated carbocycles. The molecule has 1 aliphatic heterocycles. The average Bonchev–Trinajstić information content (AvgIpc) is 2.86. The zero-order valence-corrected chi connectivity index (χ0v) is 19.6. The van der Waals surface area contributed by atoms with Crippen LogP contribution >= 0.6 is 0 Å². The maximum absolute atomic E-state index is 13.3. The highest BCUT2D eigenvalue weighted by Crippen LogP contribution is 2.29. The number of nitriles is 1. The van der Waals surface area contributed by atoms with Crippen LogP contribution in [-0.4, -0.2) is 47.2 Å². The number of carbonyl (C=O) groups is 2. The van der Waals surface area contributed by atoms with Crippen molar-refractivity contribution in [2.24, 2.45) is 0 Å². The number of likely N-dealkylation sites (tertiary alicyclic amines) is 1. The van der Waals surface area contributed by atoms with Crippen molar-refractivity contribution in [1.82, 2.24) is 10.2 Å². The standard InChI is InChI=1S/C27H32N4O3/c1-18-2-7-23(30-27(34)29-22-8-10-24(32)11-9-22)16-25(18)26(33)31-14-12-21(13-15-31)20-5-3-19(17-28)4-6-20/h2-7,16,21-22,24,32H,8-15H2,1H3,(H2,29,30,34). The van der Waals surface area contributed by atoms with Crippen LogP contribution in [0.1, 0.15) is 71.5 Å². The molecule has 2 fully saturated rings. The van der Waals surface area contributed by atoms with Crippen LogP contribution < -0.4 is 10.6 Å². The van der Waals surface area contributed by atoms with Crippen LogP contribution in [0.3, 0.4) is 0 Å². The van der Waals surface area contributed by atoms with Gasteiger partial charge in [-0.2, -0.15) is 5.26 Å². The van der Waals surface area contributed by atoms with Gasteiger partial charge in [0.05, 0.1) is 17.7 Å². The number of anilines is 1. The summed E-state index contributed by atoms with van der Waals surface area (Å²) in [6.45, 7) is 3.26. The second kappa shape index (κ2) is 10.7. The fourth-order valence-corrected chi connectivity index (χ4v) is 4.92. The Kier molecular flexibility index (Phi) is 7.49. The molecule has 4 rings (SSSR count). The van der Waals surface area contributed by atoms with Gasteiger partial charge in [0.25, 0.3) is 5.91 Å². The molecular formula is C27H32N4O3. The van der Waals surface area contributed by atoms with Crippen molar-refractivity contribution in [3.63, 3.8) is 0 Å². The van der Waals surface area contributed by atoms with E-state index in [1.54, 1.807) is 6.07 Å². The van der Waals surface area contributed by atoms with Crippen LogP contribution in [0.5, 0.6) is 0 Å². The number of hydrogen-bond donors (Lipinski definition) is 3. The second-order valence-electron chi connectivity index (χ2n) is 9.43. The van der Waals surface area contributed by atoms with Gasteiger partial charge in [-0.15, -0.1) is 0 Å². The van der Waals surface area contributed by atoms with E-state index in [9.17, 15) is 14.7 Å². The first kappa shape index (κ1) is 23.8. The number of amides is 3. The summed E-state index contributed by atoms with van der Waals surface area (Å²) in [5.41, 5.74) is 3.95. The zero-order chi connectivity index (χ0) is 24.1. The lowest BCUT2D eigenvalue weighted by Gasteiger charge is -2.32. The fourth-order valence-electron chi connectivity index (χ4n) is 4.92. The second-order valence-corrected chi connectivity index (χ2v) is 9.43. The summed E-state index contributed by atoms with van der Waals surface area (Å²) in [5, 5.41) is 24.4. The lowest BCUT2D eigenvalue weighted by atomic mass is 9.88. The van der Waals surface area contributed by atoms with Gasteiger partial charge in [0, 0.05) is 30.4 Å². The van der Waals surface area contributed by atoms with Gasteiger partial charge in [-0.25, -0.2) is 4.79 Å². The summed E-state index contributed by atoms with van der Waals surface area (Å²) in [4.78, 5) is 27.6. The quantitative estimate of drug-likeness (QED) is 0.632. The van der Waals surface area contributed by atoms with E-state index in [1.807, 2.05) is 48.2 Å². The number of nitrogens with one attached hydrogen (secondary N) is 2. The number of hydrogen-bond acceptors (Lipinski definition) is 4. The molecule has 2 aliphatic rings. The maximum atomic E-state index is 13.3. The van der Waals surface area contributed by atoms with Gasteiger partial charge in [-0.1, -0.05) is 18.2 Å². The van der Waals surface area contributed by atoms with E-state index in [0.29, 0.717) is 48.7 Å². The third-order valence-corrected chi connectivity index (χ3v) is 7.05. The number of rotatable bonds is 4. The third kappa shape index (κ3) is 5.75. The molecular weight excluding hydrogens is 428 g/mol. The van der Waals surface area contributed by atoms with Gasteiger partial charge in [-0.05, 0) is 86.8 Å². The van der Waals surface area contributed by atoms with Crippen LogP contribution in [-0.2, 0) is 0 Å². The van der Waals surface area contributed by atoms with E-state index in [4.69, 9.17) is 5.26 Å². The molecule has 1 heterocycles. The highest BCUT2D eigenvalue weighted by Gasteiger charge is 2.26. The Hall–Kier alpha value is -3.37. The summed E-state index contributed by atoms with van der Waals surface area (Å²) in [5.74, 6) is 0.372. The lowest BCUT2D eigenvalue weighted by molar-refractivity contribution is 0.0712. The molecule has 1 aliphatic carbocycles. The van der Waals surface area contributed by atoms with Crippen LogP contribution in [0, 0.1) is 18.3 Å². The van der Waals surface area contributed by atoms with Crippen LogP contribution in [0.25, 0.3) is 0 Å². The maximum Gasteiger partial charge on any atom is 0.319 e. The third-order valence-electron chi connectivity index (χ3n) is 7.05. The van der Waals surface area contributed by atoms with Crippen molar-refractivity contribution in [3.05, 3.63) is 64.7 Å². The van der Waals surface area contributed by atoms with Crippen molar-refractivity contribution < 1.29 is 14.7 Å². The monoisotopic (exact) mass is 460 g/mol. The summed E-state index contributed by atoms with van der Waals surface area (Å²) >= 11 is 0. The van der Waals surface area contributed by atoms with E-state index in [-0.39, 0.29) is 24.1 Å². The summed E-state index contributed by atoms with van der Waals surface area (Å²) in [6.07, 6.45) is 4.45. The van der Waals surface area contributed by atoms with Crippen LogP contribution in [0.2, 0.25) is 0 Å².